The van der Waals surface area contributed by atoms with E-state index in [0.29, 0.717) is 5.92 Å². The predicted octanol–water partition coefficient (Wildman–Crippen LogP) is 3.04. The maximum absolute atomic E-state index is 8.89. The molecule has 0 amide bonds. The summed E-state index contributed by atoms with van der Waals surface area (Å²) < 4.78 is 5.70. The van der Waals surface area contributed by atoms with E-state index in [4.69, 9.17) is 9.84 Å². The van der Waals surface area contributed by atoms with Gasteiger partial charge in [-0.25, -0.2) is 0 Å². The lowest BCUT2D eigenvalue weighted by Crippen LogP contribution is -2.07. The van der Waals surface area contributed by atoms with E-state index in [1.165, 1.54) is 11.1 Å². The summed E-state index contributed by atoms with van der Waals surface area (Å²) in [6.07, 6.45) is 0. The van der Waals surface area contributed by atoms with Crippen LogP contribution in [0.2, 0.25) is 0 Å². The quantitative estimate of drug-likeness (QED) is 0.758. The molecule has 0 saturated carbocycles. The number of benzene rings is 1. The maximum atomic E-state index is 8.89. The fourth-order valence-corrected chi connectivity index (χ4v) is 2.45. The summed E-state index contributed by atoms with van der Waals surface area (Å²) in [4.78, 5) is 0. The van der Waals surface area contributed by atoms with Crippen LogP contribution in [0.15, 0.2) is 18.2 Å². The van der Waals surface area contributed by atoms with Crippen LogP contribution in [-0.4, -0.2) is 29.8 Å². The van der Waals surface area contributed by atoms with Gasteiger partial charge in [-0.05, 0) is 48.8 Å². The third-order valence-electron chi connectivity index (χ3n) is 2.41. The van der Waals surface area contributed by atoms with Crippen molar-refractivity contribution in [3.8, 4) is 5.75 Å². The topological polar surface area (TPSA) is 29.5 Å². The molecule has 0 fully saturated rings. The highest BCUT2D eigenvalue weighted by atomic mass is 32.2. The van der Waals surface area contributed by atoms with E-state index < -0.39 is 0 Å². The molecule has 96 valence electrons. The highest BCUT2D eigenvalue weighted by Crippen LogP contribution is 2.16. The fraction of sp³-hybridized carbons (Fsp3) is 0.571. The molecule has 17 heavy (non-hydrogen) atoms. The summed E-state index contributed by atoms with van der Waals surface area (Å²) in [5.74, 6) is 3.30. The van der Waals surface area contributed by atoms with Gasteiger partial charge < -0.3 is 9.84 Å². The van der Waals surface area contributed by atoms with E-state index in [-0.39, 0.29) is 6.61 Å². The number of aryl methyl sites for hydroxylation is 2. The van der Waals surface area contributed by atoms with Crippen molar-refractivity contribution in [3.05, 3.63) is 29.3 Å². The first-order valence-corrected chi connectivity index (χ1v) is 7.17. The molecule has 0 bridgehead atoms. The van der Waals surface area contributed by atoms with E-state index in [9.17, 15) is 0 Å². The molecule has 0 aliphatic heterocycles. The first-order chi connectivity index (χ1) is 8.11. The molecule has 2 nitrogen and oxygen atoms in total. The zero-order valence-electron chi connectivity index (χ0n) is 10.9. The lowest BCUT2D eigenvalue weighted by molar-refractivity contribution is 0.250. The highest BCUT2D eigenvalue weighted by molar-refractivity contribution is 7.99. The first-order valence-electron chi connectivity index (χ1n) is 6.01. The molecule has 1 unspecified atom stereocenters. The molecule has 0 aliphatic rings. The molecule has 0 aromatic heterocycles. The fourth-order valence-electron chi connectivity index (χ4n) is 1.57. The van der Waals surface area contributed by atoms with Crippen molar-refractivity contribution >= 4 is 11.8 Å². The minimum absolute atomic E-state index is 0.269. The average Bonchev–Trinajstić information content (AvgIpc) is 2.27. The molecule has 1 aromatic rings. The molecule has 3 heteroatoms. The number of hydrogen-bond donors (Lipinski definition) is 1. The van der Waals surface area contributed by atoms with E-state index >= 15 is 0 Å². The lowest BCUT2D eigenvalue weighted by atomic mass is 10.1. The monoisotopic (exact) mass is 254 g/mol. The Morgan fingerprint density at radius 3 is 2.47 bits per heavy atom. The van der Waals surface area contributed by atoms with Crippen LogP contribution < -0.4 is 4.74 Å². The van der Waals surface area contributed by atoms with Crippen LogP contribution in [0.1, 0.15) is 18.1 Å². The molecule has 0 aliphatic carbocycles. The summed E-state index contributed by atoms with van der Waals surface area (Å²) in [6.45, 7) is 7.21. The molecular weight excluding hydrogens is 232 g/mol. The van der Waals surface area contributed by atoms with Gasteiger partial charge in [-0.2, -0.15) is 11.8 Å². The number of thioether (sulfide) groups is 1. The van der Waals surface area contributed by atoms with E-state index in [0.717, 1.165) is 23.9 Å². The van der Waals surface area contributed by atoms with Gasteiger partial charge in [0.15, 0.2) is 0 Å². The Morgan fingerprint density at radius 1 is 1.24 bits per heavy atom. The van der Waals surface area contributed by atoms with Gasteiger partial charge in [0.2, 0.25) is 0 Å². The van der Waals surface area contributed by atoms with Crippen molar-refractivity contribution in [1.29, 1.82) is 0 Å². The van der Waals surface area contributed by atoms with Crippen LogP contribution in [0.3, 0.4) is 0 Å². The van der Waals surface area contributed by atoms with Crippen molar-refractivity contribution < 1.29 is 9.84 Å². The van der Waals surface area contributed by atoms with Crippen molar-refractivity contribution in [2.45, 2.75) is 20.8 Å². The highest BCUT2D eigenvalue weighted by Gasteiger charge is 2.00. The van der Waals surface area contributed by atoms with Crippen molar-refractivity contribution in [1.82, 2.24) is 0 Å². The van der Waals surface area contributed by atoms with Crippen molar-refractivity contribution in [2.24, 2.45) is 5.92 Å². The van der Waals surface area contributed by atoms with Gasteiger partial charge >= 0.3 is 0 Å². The van der Waals surface area contributed by atoms with Crippen molar-refractivity contribution in [2.75, 3.05) is 24.7 Å². The number of hydrogen-bond acceptors (Lipinski definition) is 3. The van der Waals surface area contributed by atoms with Gasteiger partial charge in [-0.1, -0.05) is 13.0 Å². The van der Waals surface area contributed by atoms with Gasteiger partial charge in [-0.15, -0.1) is 0 Å². The van der Waals surface area contributed by atoms with E-state index in [1.807, 2.05) is 11.8 Å². The van der Waals surface area contributed by atoms with Crippen LogP contribution in [0.4, 0.5) is 0 Å². The Balaban J connectivity index is 2.22. The molecule has 0 saturated heterocycles. The van der Waals surface area contributed by atoms with Crippen LogP contribution in [0, 0.1) is 19.8 Å². The van der Waals surface area contributed by atoms with Crippen LogP contribution in [0.5, 0.6) is 5.75 Å². The van der Waals surface area contributed by atoms with Crippen LogP contribution >= 0.6 is 11.8 Å². The summed E-state index contributed by atoms with van der Waals surface area (Å²) in [5, 5.41) is 8.89. The van der Waals surface area contributed by atoms with Gasteiger partial charge in [0.05, 0.1) is 6.61 Å². The molecule has 0 spiro atoms. The molecule has 0 heterocycles. The van der Waals surface area contributed by atoms with Crippen LogP contribution in [0.25, 0.3) is 0 Å². The standard InChI is InChI=1S/C14H22O2S/c1-11-6-12(2)8-14(7-11)16-4-5-17-10-13(3)9-15/h6-8,13,15H,4-5,9-10H2,1-3H3. The molecule has 1 atom stereocenters. The molecule has 1 rings (SSSR count). The summed E-state index contributed by atoms with van der Waals surface area (Å²) in [7, 11) is 0. The Morgan fingerprint density at radius 2 is 1.88 bits per heavy atom. The predicted molar refractivity (Wildman–Crippen MR) is 75.0 cm³/mol. The largest absolute Gasteiger partial charge is 0.493 e. The number of aliphatic hydroxyl groups excluding tert-OH is 1. The lowest BCUT2D eigenvalue weighted by Gasteiger charge is -2.09. The molecule has 1 N–H and O–H groups in total. The summed E-state index contributed by atoms with van der Waals surface area (Å²) in [5.41, 5.74) is 2.48. The van der Waals surface area contributed by atoms with Gasteiger partial charge in [0.1, 0.15) is 5.75 Å². The minimum Gasteiger partial charge on any atom is -0.493 e. The second kappa shape index (κ2) is 7.62. The number of aliphatic hydroxyl groups is 1. The third kappa shape index (κ3) is 5.99. The van der Waals surface area contributed by atoms with Gasteiger partial charge in [-0.3, -0.25) is 0 Å². The van der Waals surface area contributed by atoms with Crippen LogP contribution in [-0.2, 0) is 0 Å². The van der Waals surface area contributed by atoms with Gasteiger partial charge in [0, 0.05) is 12.4 Å². The smallest absolute Gasteiger partial charge is 0.119 e. The second-order valence-corrected chi connectivity index (χ2v) is 5.68. The Bertz CT molecular complexity index is 319. The van der Waals surface area contributed by atoms with Gasteiger partial charge in [0.25, 0.3) is 0 Å². The zero-order chi connectivity index (χ0) is 12.7. The number of rotatable bonds is 7. The third-order valence-corrected chi connectivity index (χ3v) is 3.67. The first kappa shape index (κ1) is 14.4. The summed E-state index contributed by atoms with van der Waals surface area (Å²) in [6, 6.07) is 6.27. The molecular formula is C14H22O2S. The minimum atomic E-state index is 0.269. The normalized spacial score (nSPS) is 12.5. The zero-order valence-corrected chi connectivity index (χ0v) is 11.7. The van der Waals surface area contributed by atoms with Crippen molar-refractivity contribution in [3.63, 3.8) is 0 Å². The average molecular weight is 254 g/mol. The summed E-state index contributed by atoms with van der Waals surface area (Å²) >= 11 is 1.83. The second-order valence-electron chi connectivity index (χ2n) is 4.53. The van der Waals surface area contributed by atoms with E-state index in [2.05, 4.69) is 39.0 Å². The molecule has 1 aromatic carbocycles. The Labute approximate surface area is 108 Å². The van der Waals surface area contributed by atoms with E-state index in [1.54, 1.807) is 0 Å². The Kier molecular flexibility index (Phi) is 6.45. The SMILES string of the molecule is Cc1cc(C)cc(OCCSCC(C)CO)c1. The number of ether oxygens (including phenoxy) is 1. The Hall–Kier alpha value is -0.670. The molecule has 0 radical (unpaired) electrons. The maximum Gasteiger partial charge on any atom is 0.119 e.